The predicted octanol–water partition coefficient (Wildman–Crippen LogP) is 1.13. The van der Waals surface area contributed by atoms with Crippen LogP contribution in [0.2, 0.25) is 0 Å². The molecule has 0 aliphatic carbocycles. The SMILES string of the molecule is Cc1cc2c(cc1F)nc(N1CCNCC1)n1ncnc21. The van der Waals surface area contributed by atoms with E-state index in [1.54, 1.807) is 17.5 Å². The molecule has 0 unspecified atom stereocenters. The van der Waals surface area contributed by atoms with E-state index in [1.165, 1.54) is 12.4 Å². The van der Waals surface area contributed by atoms with E-state index in [-0.39, 0.29) is 5.82 Å². The molecule has 1 aliphatic rings. The number of benzene rings is 1. The maximum absolute atomic E-state index is 13.8. The van der Waals surface area contributed by atoms with Crippen LogP contribution in [0.1, 0.15) is 5.56 Å². The van der Waals surface area contributed by atoms with Gasteiger partial charge in [-0.1, -0.05) is 0 Å². The van der Waals surface area contributed by atoms with E-state index in [9.17, 15) is 4.39 Å². The summed E-state index contributed by atoms with van der Waals surface area (Å²) in [5.41, 5.74) is 1.92. The van der Waals surface area contributed by atoms with Gasteiger partial charge in [0, 0.05) is 37.6 Å². The van der Waals surface area contributed by atoms with E-state index in [1.807, 2.05) is 0 Å². The molecular formula is C14H15FN6. The van der Waals surface area contributed by atoms with Crippen LogP contribution in [0, 0.1) is 12.7 Å². The number of nitrogens with one attached hydrogen (secondary N) is 1. The molecule has 2 aromatic heterocycles. The number of hydrogen-bond donors (Lipinski definition) is 1. The summed E-state index contributed by atoms with van der Waals surface area (Å²) >= 11 is 0. The fraction of sp³-hybridized carbons (Fsp3) is 0.357. The minimum absolute atomic E-state index is 0.245. The zero-order valence-electron chi connectivity index (χ0n) is 11.7. The summed E-state index contributed by atoms with van der Waals surface area (Å²) in [6.45, 7) is 5.24. The molecule has 7 heteroatoms. The minimum atomic E-state index is -0.245. The summed E-state index contributed by atoms with van der Waals surface area (Å²) in [6, 6.07) is 3.26. The Hall–Kier alpha value is -2.28. The van der Waals surface area contributed by atoms with Crippen LogP contribution in [0.4, 0.5) is 10.3 Å². The number of nitrogens with zero attached hydrogens (tertiary/aromatic N) is 5. The minimum Gasteiger partial charge on any atom is -0.338 e. The lowest BCUT2D eigenvalue weighted by Gasteiger charge is -2.28. The highest BCUT2D eigenvalue weighted by Gasteiger charge is 2.18. The Labute approximate surface area is 120 Å². The number of rotatable bonds is 1. The van der Waals surface area contributed by atoms with Gasteiger partial charge < -0.3 is 10.2 Å². The number of fused-ring (bicyclic) bond motifs is 3. The molecule has 0 bridgehead atoms. The molecule has 0 saturated carbocycles. The first kappa shape index (κ1) is 12.5. The molecule has 0 amide bonds. The van der Waals surface area contributed by atoms with E-state index in [0.29, 0.717) is 11.1 Å². The van der Waals surface area contributed by atoms with Gasteiger partial charge in [-0.3, -0.25) is 0 Å². The van der Waals surface area contributed by atoms with E-state index in [2.05, 4.69) is 25.3 Å². The van der Waals surface area contributed by atoms with Crippen molar-refractivity contribution in [1.82, 2.24) is 24.9 Å². The maximum Gasteiger partial charge on any atom is 0.229 e. The zero-order chi connectivity index (χ0) is 14.4. The fourth-order valence-corrected chi connectivity index (χ4v) is 2.74. The molecule has 0 radical (unpaired) electrons. The van der Waals surface area contributed by atoms with Gasteiger partial charge >= 0.3 is 0 Å². The first-order valence-electron chi connectivity index (χ1n) is 6.99. The van der Waals surface area contributed by atoms with E-state index >= 15 is 0 Å². The molecule has 21 heavy (non-hydrogen) atoms. The van der Waals surface area contributed by atoms with Gasteiger partial charge in [-0.2, -0.15) is 9.61 Å². The van der Waals surface area contributed by atoms with Crippen molar-refractivity contribution in [3.8, 4) is 0 Å². The number of aromatic nitrogens is 4. The molecule has 3 heterocycles. The summed E-state index contributed by atoms with van der Waals surface area (Å²) in [5, 5.41) is 8.41. The molecule has 1 aromatic carbocycles. The second kappa shape index (κ2) is 4.63. The highest BCUT2D eigenvalue weighted by atomic mass is 19.1. The Morgan fingerprint density at radius 3 is 2.86 bits per heavy atom. The Morgan fingerprint density at radius 1 is 1.24 bits per heavy atom. The van der Waals surface area contributed by atoms with Crippen LogP contribution >= 0.6 is 0 Å². The Bertz CT molecular complexity index is 821. The van der Waals surface area contributed by atoms with Crippen molar-refractivity contribution in [3.05, 3.63) is 29.8 Å². The van der Waals surface area contributed by atoms with Gasteiger partial charge in [0.2, 0.25) is 5.95 Å². The highest BCUT2D eigenvalue weighted by molar-refractivity contribution is 5.92. The number of piperazine rings is 1. The molecule has 0 atom stereocenters. The molecule has 1 fully saturated rings. The van der Waals surface area contributed by atoms with Crippen molar-refractivity contribution in [3.63, 3.8) is 0 Å². The monoisotopic (exact) mass is 286 g/mol. The predicted molar refractivity (Wildman–Crippen MR) is 78.1 cm³/mol. The van der Waals surface area contributed by atoms with Crippen LogP contribution < -0.4 is 10.2 Å². The van der Waals surface area contributed by atoms with E-state index in [0.717, 1.165) is 43.2 Å². The molecule has 4 rings (SSSR count). The average molecular weight is 286 g/mol. The van der Waals surface area contributed by atoms with Crippen molar-refractivity contribution in [2.75, 3.05) is 31.1 Å². The molecule has 1 saturated heterocycles. The fourth-order valence-electron chi connectivity index (χ4n) is 2.74. The van der Waals surface area contributed by atoms with Gasteiger partial charge in [-0.15, -0.1) is 0 Å². The van der Waals surface area contributed by atoms with Crippen LogP contribution in [0.15, 0.2) is 18.5 Å². The number of hydrogen-bond acceptors (Lipinski definition) is 5. The zero-order valence-corrected chi connectivity index (χ0v) is 11.7. The van der Waals surface area contributed by atoms with E-state index in [4.69, 9.17) is 0 Å². The van der Waals surface area contributed by atoms with Crippen LogP contribution in [-0.4, -0.2) is 45.8 Å². The molecule has 6 nitrogen and oxygen atoms in total. The third kappa shape index (κ3) is 1.92. The molecule has 1 aliphatic heterocycles. The van der Waals surface area contributed by atoms with Gasteiger partial charge in [-0.25, -0.2) is 14.4 Å². The summed E-state index contributed by atoms with van der Waals surface area (Å²) in [4.78, 5) is 11.1. The quantitative estimate of drug-likeness (QED) is 0.727. The smallest absolute Gasteiger partial charge is 0.229 e. The third-order valence-electron chi connectivity index (χ3n) is 3.88. The molecule has 108 valence electrons. The first-order chi connectivity index (χ1) is 10.2. The highest BCUT2D eigenvalue weighted by Crippen LogP contribution is 2.24. The lowest BCUT2D eigenvalue weighted by molar-refractivity contribution is 0.575. The lowest BCUT2D eigenvalue weighted by Crippen LogP contribution is -2.44. The topological polar surface area (TPSA) is 58.4 Å². The van der Waals surface area contributed by atoms with Gasteiger partial charge in [0.05, 0.1) is 5.52 Å². The Morgan fingerprint density at radius 2 is 2.05 bits per heavy atom. The van der Waals surface area contributed by atoms with Gasteiger partial charge in [0.25, 0.3) is 0 Å². The van der Waals surface area contributed by atoms with Gasteiger partial charge in [0.1, 0.15) is 12.1 Å². The standard InChI is InChI=1S/C14H15FN6/c1-9-6-10-12(7-11(9)15)19-14(20-4-2-16-3-5-20)21-13(10)17-8-18-21/h6-8,16H,2-5H2,1H3. The summed E-state index contributed by atoms with van der Waals surface area (Å²) < 4.78 is 15.6. The van der Waals surface area contributed by atoms with Crippen molar-refractivity contribution in [2.45, 2.75) is 6.92 Å². The first-order valence-corrected chi connectivity index (χ1v) is 6.99. The van der Waals surface area contributed by atoms with Gasteiger partial charge in [-0.05, 0) is 18.6 Å². The van der Waals surface area contributed by atoms with Gasteiger partial charge in [0.15, 0.2) is 5.65 Å². The molecule has 3 aromatic rings. The number of aryl methyl sites for hydroxylation is 1. The Balaban J connectivity index is 2.00. The molecule has 1 N–H and O–H groups in total. The van der Waals surface area contributed by atoms with Crippen molar-refractivity contribution >= 4 is 22.5 Å². The summed E-state index contributed by atoms with van der Waals surface area (Å²) in [5.74, 6) is 0.477. The van der Waals surface area contributed by atoms with Crippen molar-refractivity contribution in [2.24, 2.45) is 0 Å². The maximum atomic E-state index is 13.8. The van der Waals surface area contributed by atoms with Crippen molar-refractivity contribution in [1.29, 1.82) is 0 Å². The number of anilines is 1. The Kier molecular flexibility index (Phi) is 2.75. The van der Waals surface area contributed by atoms with E-state index < -0.39 is 0 Å². The molecule has 0 spiro atoms. The van der Waals surface area contributed by atoms with Crippen LogP contribution in [-0.2, 0) is 0 Å². The van der Waals surface area contributed by atoms with Crippen LogP contribution in [0.5, 0.6) is 0 Å². The van der Waals surface area contributed by atoms with Crippen LogP contribution in [0.3, 0.4) is 0 Å². The summed E-state index contributed by atoms with van der Waals surface area (Å²) in [6.07, 6.45) is 1.51. The summed E-state index contributed by atoms with van der Waals surface area (Å²) in [7, 11) is 0. The van der Waals surface area contributed by atoms with Crippen molar-refractivity contribution < 1.29 is 4.39 Å². The van der Waals surface area contributed by atoms with Crippen LogP contribution in [0.25, 0.3) is 16.6 Å². The second-order valence-corrected chi connectivity index (χ2v) is 5.26. The largest absolute Gasteiger partial charge is 0.338 e. The lowest BCUT2D eigenvalue weighted by atomic mass is 10.1. The normalized spacial score (nSPS) is 16.0. The third-order valence-corrected chi connectivity index (χ3v) is 3.88. The second-order valence-electron chi connectivity index (χ2n) is 5.26. The number of halogens is 1. The average Bonchev–Trinajstić information content (AvgIpc) is 2.99. The molecular weight excluding hydrogens is 271 g/mol.